The lowest BCUT2D eigenvalue weighted by atomic mass is 9.94. The SMILES string of the molecule is CC(=O)N1CCC(CC(=O)OI)CC1. The highest BCUT2D eigenvalue weighted by molar-refractivity contribution is 14.1. The van der Waals surface area contributed by atoms with Crippen LogP contribution in [0.4, 0.5) is 0 Å². The molecule has 0 N–H and O–H groups in total. The van der Waals surface area contributed by atoms with Crippen LogP contribution in [-0.2, 0) is 12.7 Å². The largest absolute Gasteiger partial charge is 0.394 e. The van der Waals surface area contributed by atoms with Crippen LogP contribution in [0, 0.1) is 5.92 Å². The standard InChI is InChI=1S/C9H14INO3/c1-7(12)11-4-2-8(3-5-11)6-9(13)14-10/h8H,2-6H2,1H3. The van der Waals surface area contributed by atoms with Crippen LogP contribution in [0.5, 0.6) is 0 Å². The highest BCUT2D eigenvalue weighted by atomic mass is 127. The maximum Gasteiger partial charge on any atom is 0.315 e. The summed E-state index contributed by atoms with van der Waals surface area (Å²) in [4.78, 5) is 23.8. The first kappa shape index (κ1) is 11.7. The first-order chi connectivity index (χ1) is 6.63. The van der Waals surface area contributed by atoms with E-state index in [4.69, 9.17) is 0 Å². The van der Waals surface area contributed by atoms with Crippen LogP contribution in [0.2, 0.25) is 0 Å². The second-order valence-electron chi connectivity index (χ2n) is 3.60. The number of nitrogens with zero attached hydrogens (tertiary/aromatic N) is 1. The molecule has 0 radical (unpaired) electrons. The van der Waals surface area contributed by atoms with Gasteiger partial charge in [-0.3, -0.25) is 9.59 Å². The molecular formula is C9H14INO3. The van der Waals surface area contributed by atoms with Gasteiger partial charge in [0.15, 0.2) is 23.0 Å². The maximum absolute atomic E-state index is 11.0. The van der Waals surface area contributed by atoms with E-state index < -0.39 is 0 Å². The van der Waals surface area contributed by atoms with Crippen molar-refractivity contribution in [2.24, 2.45) is 5.92 Å². The van der Waals surface area contributed by atoms with Crippen LogP contribution in [0.1, 0.15) is 26.2 Å². The Kier molecular flexibility index (Phi) is 4.64. The molecule has 4 nitrogen and oxygen atoms in total. The van der Waals surface area contributed by atoms with Crippen LogP contribution in [0.25, 0.3) is 0 Å². The zero-order valence-electron chi connectivity index (χ0n) is 8.16. The van der Waals surface area contributed by atoms with Crippen LogP contribution in [0.3, 0.4) is 0 Å². The van der Waals surface area contributed by atoms with Gasteiger partial charge in [-0.25, -0.2) is 0 Å². The quantitative estimate of drug-likeness (QED) is 0.727. The van der Waals surface area contributed by atoms with Crippen LogP contribution in [-0.4, -0.2) is 29.9 Å². The zero-order valence-corrected chi connectivity index (χ0v) is 10.3. The molecule has 80 valence electrons. The fourth-order valence-electron chi connectivity index (χ4n) is 1.72. The van der Waals surface area contributed by atoms with Crippen molar-refractivity contribution in [2.45, 2.75) is 26.2 Å². The first-order valence-electron chi connectivity index (χ1n) is 4.70. The molecule has 1 heterocycles. The van der Waals surface area contributed by atoms with Gasteiger partial charge in [0.05, 0.1) is 0 Å². The Bertz CT molecular complexity index is 224. The maximum atomic E-state index is 11.0. The summed E-state index contributed by atoms with van der Waals surface area (Å²) in [6.45, 7) is 3.13. The summed E-state index contributed by atoms with van der Waals surface area (Å²) in [7, 11) is 0. The van der Waals surface area contributed by atoms with Crippen LogP contribution >= 0.6 is 23.0 Å². The number of amides is 1. The van der Waals surface area contributed by atoms with Gasteiger partial charge < -0.3 is 7.97 Å². The number of hydrogen-bond donors (Lipinski definition) is 0. The molecule has 1 aliphatic rings. The summed E-state index contributed by atoms with van der Waals surface area (Å²) in [6, 6.07) is 0. The lowest BCUT2D eigenvalue weighted by molar-refractivity contribution is -0.133. The van der Waals surface area contributed by atoms with Crippen molar-refractivity contribution in [3.05, 3.63) is 0 Å². The number of carbonyl (C=O) groups excluding carboxylic acids is 2. The Morgan fingerprint density at radius 1 is 1.43 bits per heavy atom. The van der Waals surface area contributed by atoms with Crippen molar-refractivity contribution in [2.75, 3.05) is 13.1 Å². The molecule has 0 bridgehead atoms. The van der Waals surface area contributed by atoms with E-state index in [0.717, 1.165) is 25.9 Å². The average molecular weight is 311 g/mol. The minimum Gasteiger partial charge on any atom is -0.394 e. The van der Waals surface area contributed by atoms with Crippen molar-refractivity contribution < 1.29 is 12.7 Å². The molecule has 1 saturated heterocycles. The zero-order chi connectivity index (χ0) is 10.6. The Morgan fingerprint density at radius 3 is 2.43 bits per heavy atom. The molecule has 14 heavy (non-hydrogen) atoms. The van der Waals surface area contributed by atoms with Gasteiger partial charge in [-0.1, -0.05) is 0 Å². The topological polar surface area (TPSA) is 46.6 Å². The molecule has 0 unspecified atom stereocenters. The van der Waals surface area contributed by atoms with E-state index in [-0.39, 0.29) is 11.9 Å². The molecule has 0 aromatic heterocycles. The Morgan fingerprint density at radius 2 is 2.00 bits per heavy atom. The predicted octanol–water partition coefficient (Wildman–Crippen LogP) is 1.53. The molecule has 0 aliphatic carbocycles. The molecule has 1 aliphatic heterocycles. The van der Waals surface area contributed by atoms with Gasteiger partial charge in [0.1, 0.15) is 0 Å². The normalized spacial score (nSPS) is 18.0. The third-order valence-corrected chi connectivity index (χ3v) is 3.09. The van der Waals surface area contributed by atoms with Crippen molar-refractivity contribution in [3.63, 3.8) is 0 Å². The van der Waals surface area contributed by atoms with Crippen molar-refractivity contribution >= 4 is 34.9 Å². The van der Waals surface area contributed by atoms with Gasteiger partial charge in [0.2, 0.25) is 5.91 Å². The molecule has 1 rings (SSSR count). The summed E-state index contributed by atoms with van der Waals surface area (Å²) in [5, 5.41) is 0. The molecule has 5 heteroatoms. The smallest absolute Gasteiger partial charge is 0.315 e. The van der Waals surface area contributed by atoms with Crippen LogP contribution < -0.4 is 0 Å². The van der Waals surface area contributed by atoms with E-state index in [1.54, 1.807) is 29.9 Å². The van der Waals surface area contributed by atoms with Crippen molar-refractivity contribution in [1.82, 2.24) is 4.90 Å². The average Bonchev–Trinajstić information content (AvgIpc) is 2.18. The van der Waals surface area contributed by atoms with E-state index in [0.29, 0.717) is 12.3 Å². The van der Waals surface area contributed by atoms with E-state index in [1.807, 2.05) is 4.90 Å². The van der Waals surface area contributed by atoms with Gasteiger partial charge in [-0.2, -0.15) is 0 Å². The first-order valence-corrected chi connectivity index (χ1v) is 5.58. The summed E-state index contributed by atoms with van der Waals surface area (Å²) >= 11 is 1.61. The fraction of sp³-hybridized carbons (Fsp3) is 0.778. The Labute approximate surface area is 97.7 Å². The number of carbonyl (C=O) groups is 2. The lowest BCUT2D eigenvalue weighted by Crippen LogP contribution is -2.37. The third kappa shape index (κ3) is 3.43. The Balaban J connectivity index is 2.29. The van der Waals surface area contributed by atoms with E-state index >= 15 is 0 Å². The van der Waals surface area contributed by atoms with Crippen molar-refractivity contribution in [1.29, 1.82) is 0 Å². The second kappa shape index (κ2) is 5.53. The van der Waals surface area contributed by atoms with E-state index in [1.165, 1.54) is 0 Å². The number of hydrogen-bond acceptors (Lipinski definition) is 3. The molecule has 1 amide bonds. The van der Waals surface area contributed by atoms with Gasteiger partial charge in [0.25, 0.3) is 0 Å². The monoisotopic (exact) mass is 311 g/mol. The molecule has 0 atom stereocenters. The minimum absolute atomic E-state index is 0.125. The lowest BCUT2D eigenvalue weighted by Gasteiger charge is -2.30. The molecular weight excluding hydrogens is 297 g/mol. The third-order valence-electron chi connectivity index (χ3n) is 2.60. The minimum atomic E-state index is -0.160. The Hall–Kier alpha value is -0.330. The van der Waals surface area contributed by atoms with Gasteiger partial charge in [-0.15, -0.1) is 0 Å². The summed E-state index contributed by atoms with van der Waals surface area (Å²) in [6.07, 6.45) is 2.30. The van der Waals surface area contributed by atoms with E-state index in [2.05, 4.69) is 3.07 Å². The molecule has 0 aromatic rings. The van der Waals surface area contributed by atoms with Gasteiger partial charge in [-0.05, 0) is 18.8 Å². The predicted molar refractivity (Wildman–Crippen MR) is 59.7 cm³/mol. The summed E-state index contributed by atoms with van der Waals surface area (Å²) < 4.78 is 4.58. The molecule has 0 saturated carbocycles. The number of likely N-dealkylation sites (tertiary alicyclic amines) is 1. The highest BCUT2D eigenvalue weighted by Gasteiger charge is 2.22. The number of rotatable bonds is 2. The molecule has 0 spiro atoms. The second-order valence-corrected chi connectivity index (χ2v) is 4.04. The van der Waals surface area contributed by atoms with Gasteiger partial charge >= 0.3 is 5.97 Å². The van der Waals surface area contributed by atoms with E-state index in [9.17, 15) is 9.59 Å². The van der Waals surface area contributed by atoms with Crippen molar-refractivity contribution in [3.8, 4) is 0 Å². The number of piperidine rings is 1. The van der Waals surface area contributed by atoms with Crippen LogP contribution in [0.15, 0.2) is 0 Å². The molecule has 1 fully saturated rings. The summed E-state index contributed by atoms with van der Waals surface area (Å²) in [5.41, 5.74) is 0. The number of halogens is 1. The molecule has 0 aromatic carbocycles. The highest BCUT2D eigenvalue weighted by Crippen LogP contribution is 2.21. The fourth-order valence-corrected chi connectivity index (χ4v) is 1.90. The summed E-state index contributed by atoms with van der Waals surface area (Å²) in [5.74, 6) is 0.347. The van der Waals surface area contributed by atoms with Gasteiger partial charge in [0, 0.05) is 26.4 Å².